The number of nitrogens with two attached hydrogens (primary N) is 1. The number of aromatic nitrogens is 1. The predicted molar refractivity (Wildman–Crippen MR) is 97.6 cm³/mol. The molecule has 2 atom stereocenters. The smallest absolute Gasteiger partial charge is 0.347 e. The van der Waals surface area contributed by atoms with Gasteiger partial charge >= 0.3 is 6.18 Å². The highest BCUT2D eigenvalue weighted by Gasteiger charge is 2.64. The fourth-order valence-corrected chi connectivity index (χ4v) is 4.90. The average molecular weight is 437 g/mol. The van der Waals surface area contributed by atoms with E-state index < -0.39 is 27.8 Å². The molecule has 0 aliphatic heterocycles. The molecule has 1 heterocycles. The summed E-state index contributed by atoms with van der Waals surface area (Å²) in [5, 5.41) is 6.03. The number of rotatable bonds is 5. The predicted octanol–water partition coefficient (Wildman–Crippen LogP) is 4.86. The Hall–Kier alpha value is -0.860. The van der Waals surface area contributed by atoms with E-state index in [0.717, 1.165) is 9.99 Å². The number of alkyl halides is 3. The van der Waals surface area contributed by atoms with Crippen molar-refractivity contribution < 1.29 is 17.4 Å². The van der Waals surface area contributed by atoms with Crippen molar-refractivity contribution in [2.75, 3.05) is 0 Å². The average Bonchev–Trinajstić information content (AvgIpc) is 3.18. The lowest BCUT2D eigenvalue weighted by Gasteiger charge is -2.27. The first kappa shape index (κ1) is 18.9. The van der Waals surface area contributed by atoms with Crippen molar-refractivity contribution in [2.24, 2.45) is 11.1 Å². The molecular formula is C17H20BrF3N2OS. The summed E-state index contributed by atoms with van der Waals surface area (Å²) in [5.74, 6) is -1.53. The molecule has 0 amide bonds. The van der Waals surface area contributed by atoms with Crippen LogP contribution in [0.3, 0.4) is 0 Å². The molecule has 1 saturated carbocycles. The molecule has 1 unspecified atom stereocenters. The van der Waals surface area contributed by atoms with Crippen LogP contribution < -0.4 is 5.14 Å². The summed E-state index contributed by atoms with van der Waals surface area (Å²) in [5.41, 5.74) is 0.915. The van der Waals surface area contributed by atoms with Gasteiger partial charge in [-0.1, -0.05) is 35.8 Å². The molecule has 3 rings (SSSR count). The normalized spacial score (nSPS) is 19.4. The van der Waals surface area contributed by atoms with Gasteiger partial charge in [0.25, 0.3) is 0 Å². The van der Waals surface area contributed by atoms with E-state index >= 15 is 0 Å². The molecular weight excluding hydrogens is 417 g/mol. The number of hydrogen-bond acceptors (Lipinski definition) is 1. The van der Waals surface area contributed by atoms with Gasteiger partial charge in [0.15, 0.2) is 0 Å². The molecule has 8 heteroatoms. The van der Waals surface area contributed by atoms with Crippen LogP contribution in [0.25, 0.3) is 10.9 Å². The van der Waals surface area contributed by atoms with Gasteiger partial charge in [0.1, 0.15) is 5.92 Å². The van der Waals surface area contributed by atoms with Crippen LogP contribution in [-0.4, -0.2) is 19.7 Å². The van der Waals surface area contributed by atoms with E-state index in [9.17, 15) is 17.4 Å². The third-order valence-corrected chi connectivity index (χ3v) is 6.68. The highest BCUT2D eigenvalue weighted by molar-refractivity contribution is 9.10. The standard InChI is InChI=1S/C17H20BrF3N2OS/c1-10(2)8-23-9-13(12-4-3-11(18)7-14(12)23)15(17(19,20)21)16(5-6-16)25(22)24/h3-4,7,9-10,15H,5-6,8,22H2,1-2H3/t15-,25?/m1/s1. The van der Waals surface area contributed by atoms with Crippen molar-refractivity contribution in [1.29, 1.82) is 0 Å². The van der Waals surface area contributed by atoms with Crippen LogP contribution in [-0.2, 0) is 17.5 Å². The molecule has 25 heavy (non-hydrogen) atoms. The molecule has 0 bridgehead atoms. The number of nitrogens with zero attached hydrogens (tertiary/aromatic N) is 1. The Morgan fingerprint density at radius 1 is 1.36 bits per heavy atom. The van der Waals surface area contributed by atoms with E-state index in [4.69, 9.17) is 5.14 Å². The van der Waals surface area contributed by atoms with Crippen molar-refractivity contribution in [3.63, 3.8) is 0 Å². The number of benzene rings is 1. The molecule has 138 valence electrons. The topological polar surface area (TPSA) is 48.0 Å². The van der Waals surface area contributed by atoms with Crippen molar-refractivity contribution in [1.82, 2.24) is 4.57 Å². The summed E-state index contributed by atoms with van der Waals surface area (Å²) in [6, 6.07) is 5.26. The van der Waals surface area contributed by atoms with Gasteiger partial charge < -0.3 is 4.57 Å². The monoisotopic (exact) mass is 436 g/mol. The fraction of sp³-hybridized carbons (Fsp3) is 0.529. The zero-order valence-electron chi connectivity index (χ0n) is 13.9. The van der Waals surface area contributed by atoms with E-state index in [0.29, 0.717) is 11.9 Å². The lowest BCUT2D eigenvalue weighted by Crippen LogP contribution is -2.39. The molecule has 2 aromatic rings. The number of halogens is 4. The molecule has 1 aromatic carbocycles. The summed E-state index contributed by atoms with van der Waals surface area (Å²) in [4.78, 5) is 0. The molecule has 1 aliphatic rings. The van der Waals surface area contributed by atoms with Gasteiger partial charge in [-0.2, -0.15) is 13.2 Å². The minimum atomic E-state index is -4.50. The second kappa shape index (κ2) is 6.39. The zero-order valence-corrected chi connectivity index (χ0v) is 16.3. The summed E-state index contributed by atoms with van der Waals surface area (Å²) < 4.78 is 55.1. The van der Waals surface area contributed by atoms with E-state index in [1.54, 1.807) is 18.3 Å². The van der Waals surface area contributed by atoms with Gasteiger partial charge in [0, 0.05) is 28.1 Å². The summed E-state index contributed by atoms with van der Waals surface area (Å²) in [6.07, 6.45) is -2.47. The molecule has 0 saturated heterocycles. The van der Waals surface area contributed by atoms with E-state index in [2.05, 4.69) is 15.9 Å². The first-order chi connectivity index (χ1) is 11.6. The quantitative estimate of drug-likeness (QED) is 0.714. The molecule has 1 fully saturated rings. The third kappa shape index (κ3) is 3.40. The van der Waals surface area contributed by atoms with Gasteiger partial charge in [0.05, 0.1) is 15.7 Å². The Labute approximate surface area is 155 Å². The zero-order chi connectivity index (χ0) is 18.6. The highest BCUT2D eigenvalue weighted by Crippen LogP contribution is 2.58. The lowest BCUT2D eigenvalue weighted by molar-refractivity contribution is -0.152. The molecule has 2 N–H and O–H groups in total. The Kier molecular flexibility index (Phi) is 4.83. The number of fused-ring (bicyclic) bond motifs is 1. The minimum Gasteiger partial charge on any atom is -0.347 e. The molecule has 0 spiro atoms. The number of hydrogen-bond donors (Lipinski definition) is 1. The van der Waals surface area contributed by atoms with E-state index in [-0.39, 0.29) is 24.3 Å². The van der Waals surface area contributed by atoms with E-state index in [1.807, 2.05) is 24.5 Å². The van der Waals surface area contributed by atoms with Crippen LogP contribution in [0, 0.1) is 5.92 Å². The van der Waals surface area contributed by atoms with Crippen molar-refractivity contribution >= 4 is 37.8 Å². The van der Waals surface area contributed by atoms with Gasteiger partial charge in [0.2, 0.25) is 0 Å². The fourth-order valence-electron chi connectivity index (χ4n) is 3.56. The van der Waals surface area contributed by atoms with Gasteiger partial charge in [-0.05, 0) is 36.5 Å². The summed E-state index contributed by atoms with van der Waals surface area (Å²) in [7, 11) is -2.03. The van der Waals surface area contributed by atoms with Crippen LogP contribution >= 0.6 is 15.9 Å². The second-order valence-corrected chi connectivity index (χ2v) is 9.45. The Morgan fingerprint density at radius 3 is 2.48 bits per heavy atom. The van der Waals surface area contributed by atoms with Crippen LogP contribution in [0.15, 0.2) is 28.9 Å². The van der Waals surface area contributed by atoms with Crippen LogP contribution in [0.4, 0.5) is 13.2 Å². The maximum absolute atomic E-state index is 14.0. The van der Waals surface area contributed by atoms with Gasteiger partial charge in [-0.15, -0.1) is 0 Å². The SMILES string of the molecule is CC(C)Cn1cc([C@@H](C(F)(F)F)C2(S(N)=O)CC2)c2ccc(Br)cc21. The van der Waals surface area contributed by atoms with Crippen molar-refractivity contribution in [2.45, 2.75) is 50.1 Å². The van der Waals surface area contributed by atoms with Crippen molar-refractivity contribution in [3.8, 4) is 0 Å². The van der Waals surface area contributed by atoms with E-state index in [1.165, 1.54) is 0 Å². The summed E-state index contributed by atoms with van der Waals surface area (Å²) in [6.45, 7) is 4.64. The minimum absolute atomic E-state index is 0.173. The molecule has 3 nitrogen and oxygen atoms in total. The third-order valence-electron chi connectivity index (χ3n) is 4.74. The maximum Gasteiger partial charge on any atom is 0.397 e. The second-order valence-electron chi connectivity index (χ2n) is 7.13. The Balaban J connectivity index is 2.24. The largest absolute Gasteiger partial charge is 0.397 e. The van der Waals surface area contributed by atoms with Gasteiger partial charge in [-0.25, -0.2) is 4.21 Å². The van der Waals surface area contributed by atoms with Gasteiger partial charge in [-0.3, -0.25) is 5.14 Å². The maximum atomic E-state index is 14.0. The lowest BCUT2D eigenvalue weighted by atomic mass is 9.92. The van der Waals surface area contributed by atoms with Crippen LogP contribution in [0.2, 0.25) is 0 Å². The van der Waals surface area contributed by atoms with Crippen LogP contribution in [0.5, 0.6) is 0 Å². The summed E-state index contributed by atoms with van der Waals surface area (Å²) >= 11 is 3.39. The van der Waals surface area contributed by atoms with Crippen LogP contribution in [0.1, 0.15) is 38.2 Å². The highest BCUT2D eigenvalue weighted by atomic mass is 79.9. The molecule has 1 aliphatic carbocycles. The Morgan fingerprint density at radius 2 is 2.00 bits per heavy atom. The first-order valence-electron chi connectivity index (χ1n) is 8.07. The molecule has 1 aromatic heterocycles. The molecule has 0 radical (unpaired) electrons. The first-order valence-corrected chi connectivity index (χ1v) is 10.1. The van der Waals surface area contributed by atoms with Crippen molar-refractivity contribution in [3.05, 3.63) is 34.4 Å². The Bertz CT molecular complexity index is 827.